The van der Waals surface area contributed by atoms with Gasteiger partial charge < -0.3 is 10.1 Å². The van der Waals surface area contributed by atoms with Gasteiger partial charge in [-0.3, -0.25) is 4.79 Å². The number of anilines is 1. The molecular formula is C17H19FN2O4S. The van der Waals surface area contributed by atoms with Crippen molar-refractivity contribution in [2.45, 2.75) is 18.4 Å². The van der Waals surface area contributed by atoms with Gasteiger partial charge in [0.1, 0.15) is 11.6 Å². The van der Waals surface area contributed by atoms with Gasteiger partial charge in [0.05, 0.1) is 17.7 Å². The molecule has 0 aliphatic carbocycles. The Balaban J connectivity index is 2.35. The summed E-state index contributed by atoms with van der Waals surface area (Å²) < 4.78 is 45.4. The Labute approximate surface area is 146 Å². The number of sulfonamides is 1. The van der Waals surface area contributed by atoms with Crippen LogP contribution in [0, 0.1) is 5.82 Å². The Morgan fingerprint density at radius 3 is 2.52 bits per heavy atom. The maximum absolute atomic E-state index is 13.8. The van der Waals surface area contributed by atoms with Crippen LogP contribution in [0.4, 0.5) is 10.1 Å². The van der Waals surface area contributed by atoms with Crippen molar-refractivity contribution in [3.05, 3.63) is 53.8 Å². The number of nitrogens with zero attached hydrogens (tertiary/aromatic N) is 1. The molecule has 2 rings (SSSR count). The third-order valence-electron chi connectivity index (χ3n) is 3.54. The summed E-state index contributed by atoms with van der Waals surface area (Å²) in [6.07, 6.45) is 0. The second-order valence-corrected chi connectivity index (χ2v) is 7.44. The summed E-state index contributed by atoms with van der Waals surface area (Å²) in [6, 6.07) is 10.1. The van der Waals surface area contributed by atoms with Crippen molar-refractivity contribution in [2.24, 2.45) is 0 Å². The lowest BCUT2D eigenvalue weighted by molar-refractivity contribution is -0.114. The lowest BCUT2D eigenvalue weighted by atomic mass is 10.2. The van der Waals surface area contributed by atoms with E-state index in [0.29, 0.717) is 5.75 Å². The van der Waals surface area contributed by atoms with E-state index in [1.54, 1.807) is 6.07 Å². The van der Waals surface area contributed by atoms with Crippen LogP contribution in [0.2, 0.25) is 0 Å². The molecule has 134 valence electrons. The molecular weight excluding hydrogens is 347 g/mol. The fourth-order valence-corrected chi connectivity index (χ4v) is 3.44. The Bertz CT molecular complexity index is 884. The summed E-state index contributed by atoms with van der Waals surface area (Å²) in [5.74, 6) is -0.489. The molecule has 0 aliphatic heterocycles. The highest BCUT2D eigenvalue weighted by Crippen LogP contribution is 2.29. The molecule has 0 bridgehead atoms. The fourth-order valence-electron chi connectivity index (χ4n) is 2.27. The van der Waals surface area contributed by atoms with Gasteiger partial charge in [-0.05, 0) is 24.3 Å². The lowest BCUT2D eigenvalue weighted by Gasteiger charge is -2.19. The van der Waals surface area contributed by atoms with Crippen LogP contribution in [0.25, 0.3) is 0 Å². The van der Waals surface area contributed by atoms with Crippen LogP contribution in [0.5, 0.6) is 5.75 Å². The SMILES string of the molecule is COc1ccc(S(=O)(=O)N(C)Cc2ccccc2F)cc1NC(C)=O. The summed E-state index contributed by atoms with van der Waals surface area (Å²) >= 11 is 0. The van der Waals surface area contributed by atoms with Crippen LogP contribution in [-0.2, 0) is 21.4 Å². The average molecular weight is 366 g/mol. The topological polar surface area (TPSA) is 75.7 Å². The van der Waals surface area contributed by atoms with Crippen molar-refractivity contribution in [3.8, 4) is 5.75 Å². The van der Waals surface area contributed by atoms with E-state index in [4.69, 9.17) is 4.74 Å². The molecule has 2 aromatic rings. The summed E-state index contributed by atoms with van der Waals surface area (Å²) in [5, 5.41) is 2.53. The standard InChI is InChI=1S/C17H19FN2O4S/c1-12(21)19-16-10-14(8-9-17(16)24-3)25(22,23)20(2)11-13-6-4-5-7-15(13)18/h4-10H,11H2,1-3H3,(H,19,21). The molecule has 0 saturated carbocycles. The molecule has 2 aromatic carbocycles. The Morgan fingerprint density at radius 2 is 1.92 bits per heavy atom. The third kappa shape index (κ3) is 4.34. The molecule has 0 aliphatic rings. The maximum atomic E-state index is 13.8. The number of amides is 1. The van der Waals surface area contributed by atoms with Crippen LogP contribution < -0.4 is 10.1 Å². The predicted molar refractivity (Wildman–Crippen MR) is 92.4 cm³/mol. The molecule has 0 atom stereocenters. The van der Waals surface area contributed by atoms with Gasteiger partial charge in [0.25, 0.3) is 0 Å². The molecule has 1 amide bonds. The van der Waals surface area contributed by atoms with Crippen molar-refractivity contribution < 1.29 is 22.3 Å². The minimum absolute atomic E-state index is 0.0316. The van der Waals surface area contributed by atoms with Gasteiger partial charge in [-0.25, -0.2) is 12.8 Å². The lowest BCUT2D eigenvalue weighted by Crippen LogP contribution is -2.27. The van der Waals surface area contributed by atoms with E-state index in [-0.39, 0.29) is 28.6 Å². The molecule has 0 aromatic heterocycles. The largest absolute Gasteiger partial charge is 0.495 e. The molecule has 0 radical (unpaired) electrons. The Morgan fingerprint density at radius 1 is 1.24 bits per heavy atom. The number of carbonyl (C=O) groups excluding carboxylic acids is 1. The molecule has 25 heavy (non-hydrogen) atoms. The van der Waals surface area contributed by atoms with E-state index in [2.05, 4.69) is 5.32 Å². The van der Waals surface area contributed by atoms with Crippen molar-refractivity contribution >= 4 is 21.6 Å². The van der Waals surface area contributed by atoms with Crippen LogP contribution in [0.15, 0.2) is 47.4 Å². The van der Waals surface area contributed by atoms with Gasteiger partial charge >= 0.3 is 0 Å². The van der Waals surface area contributed by atoms with E-state index in [0.717, 1.165) is 4.31 Å². The van der Waals surface area contributed by atoms with E-state index < -0.39 is 15.8 Å². The Kier molecular flexibility index (Phi) is 5.76. The first-order chi connectivity index (χ1) is 11.8. The second kappa shape index (κ2) is 7.62. The molecule has 0 unspecified atom stereocenters. The number of carbonyl (C=O) groups is 1. The van der Waals surface area contributed by atoms with Crippen LogP contribution in [0.1, 0.15) is 12.5 Å². The summed E-state index contributed by atoms with van der Waals surface area (Å²) in [4.78, 5) is 11.3. The number of rotatable bonds is 6. The Hall–Kier alpha value is -2.45. The average Bonchev–Trinajstić information content (AvgIpc) is 2.56. The quantitative estimate of drug-likeness (QED) is 0.853. The number of benzene rings is 2. The number of methoxy groups -OCH3 is 1. The summed E-state index contributed by atoms with van der Waals surface area (Å²) in [6.45, 7) is 1.20. The first-order valence-corrected chi connectivity index (χ1v) is 8.85. The van der Waals surface area contributed by atoms with Crippen LogP contribution in [0.3, 0.4) is 0 Å². The van der Waals surface area contributed by atoms with Gasteiger partial charge in [-0.2, -0.15) is 4.31 Å². The number of hydrogen-bond acceptors (Lipinski definition) is 4. The molecule has 0 heterocycles. The summed E-state index contributed by atoms with van der Waals surface area (Å²) in [7, 11) is -1.10. The van der Waals surface area contributed by atoms with Crippen molar-refractivity contribution in [1.82, 2.24) is 4.31 Å². The summed E-state index contributed by atoms with van der Waals surface area (Å²) in [5.41, 5.74) is 0.513. The fraction of sp³-hybridized carbons (Fsp3) is 0.235. The highest BCUT2D eigenvalue weighted by atomic mass is 32.2. The van der Waals surface area contributed by atoms with E-state index in [1.807, 2.05) is 0 Å². The predicted octanol–water partition coefficient (Wildman–Crippen LogP) is 2.61. The minimum Gasteiger partial charge on any atom is -0.495 e. The van der Waals surface area contributed by atoms with Gasteiger partial charge in [0.15, 0.2) is 0 Å². The van der Waals surface area contributed by atoms with E-state index in [9.17, 15) is 17.6 Å². The molecule has 6 nitrogen and oxygen atoms in total. The second-order valence-electron chi connectivity index (χ2n) is 5.40. The first kappa shape index (κ1) is 18.9. The highest BCUT2D eigenvalue weighted by Gasteiger charge is 2.23. The zero-order valence-corrected chi connectivity index (χ0v) is 14.9. The van der Waals surface area contributed by atoms with Crippen LogP contribution >= 0.6 is 0 Å². The molecule has 1 N–H and O–H groups in total. The minimum atomic E-state index is -3.88. The van der Waals surface area contributed by atoms with Gasteiger partial charge in [0, 0.05) is 26.1 Å². The van der Waals surface area contributed by atoms with Crippen molar-refractivity contribution in [3.63, 3.8) is 0 Å². The number of hydrogen-bond donors (Lipinski definition) is 1. The normalized spacial score (nSPS) is 11.4. The number of ether oxygens (including phenoxy) is 1. The monoisotopic (exact) mass is 366 g/mol. The van der Waals surface area contributed by atoms with Gasteiger partial charge in [-0.15, -0.1) is 0 Å². The molecule has 0 fully saturated rings. The van der Waals surface area contributed by atoms with Crippen molar-refractivity contribution in [1.29, 1.82) is 0 Å². The van der Waals surface area contributed by atoms with E-state index in [1.165, 1.54) is 57.5 Å². The zero-order valence-electron chi connectivity index (χ0n) is 14.1. The van der Waals surface area contributed by atoms with Gasteiger partial charge in [0.2, 0.25) is 15.9 Å². The van der Waals surface area contributed by atoms with Crippen LogP contribution in [-0.4, -0.2) is 32.8 Å². The molecule has 0 saturated heterocycles. The van der Waals surface area contributed by atoms with Gasteiger partial charge in [-0.1, -0.05) is 18.2 Å². The highest BCUT2D eigenvalue weighted by molar-refractivity contribution is 7.89. The smallest absolute Gasteiger partial charge is 0.243 e. The maximum Gasteiger partial charge on any atom is 0.243 e. The van der Waals surface area contributed by atoms with E-state index >= 15 is 0 Å². The number of halogens is 1. The molecule has 8 heteroatoms. The van der Waals surface area contributed by atoms with Crippen molar-refractivity contribution in [2.75, 3.05) is 19.5 Å². The zero-order chi connectivity index (χ0) is 18.6. The third-order valence-corrected chi connectivity index (χ3v) is 5.34. The number of nitrogens with one attached hydrogen (secondary N) is 1. The molecule has 0 spiro atoms. The first-order valence-electron chi connectivity index (χ1n) is 7.41.